The van der Waals surface area contributed by atoms with Gasteiger partial charge in [-0.15, -0.1) is 0 Å². The van der Waals surface area contributed by atoms with Gasteiger partial charge in [0.1, 0.15) is 5.82 Å². The highest BCUT2D eigenvalue weighted by Gasteiger charge is 2.19. The van der Waals surface area contributed by atoms with E-state index in [4.69, 9.17) is 14.5 Å². The molecule has 0 unspecified atom stereocenters. The Hall–Kier alpha value is -3.35. The summed E-state index contributed by atoms with van der Waals surface area (Å²) < 4.78 is 11.0. The van der Waals surface area contributed by atoms with E-state index in [9.17, 15) is 4.79 Å². The first-order valence-corrected chi connectivity index (χ1v) is 11.3. The summed E-state index contributed by atoms with van der Waals surface area (Å²) in [6.07, 6.45) is 6.19. The lowest BCUT2D eigenvalue weighted by atomic mass is 10.1. The van der Waals surface area contributed by atoms with Gasteiger partial charge in [-0.25, -0.2) is 4.98 Å². The second-order valence-electron chi connectivity index (χ2n) is 8.08. The molecular formula is C25H30N4O3. The minimum Gasteiger partial charge on any atom is -0.454 e. The summed E-state index contributed by atoms with van der Waals surface area (Å²) in [6, 6.07) is 11.7. The Balaban J connectivity index is 1.51. The van der Waals surface area contributed by atoms with Crippen molar-refractivity contribution in [2.45, 2.75) is 58.9 Å². The molecule has 0 bridgehead atoms. The van der Waals surface area contributed by atoms with Crippen LogP contribution in [0.5, 0.6) is 11.5 Å². The molecule has 168 valence electrons. The molecule has 0 aliphatic carbocycles. The van der Waals surface area contributed by atoms with Gasteiger partial charge in [-0.1, -0.05) is 38.7 Å². The summed E-state index contributed by atoms with van der Waals surface area (Å²) in [6.45, 7) is 4.72. The topological polar surface area (TPSA) is 89.1 Å². The molecule has 3 heterocycles. The summed E-state index contributed by atoms with van der Waals surface area (Å²) in [5.74, 6) is 2.17. The molecule has 4 rings (SSSR count). The number of rotatable bonds is 10. The highest BCUT2D eigenvalue weighted by molar-refractivity contribution is 5.79. The van der Waals surface area contributed by atoms with E-state index < -0.39 is 0 Å². The number of aromatic amines is 1. The van der Waals surface area contributed by atoms with Crippen molar-refractivity contribution in [3.8, 4) is 34.1 Å². The van der Waals surface area contributed by atoms with E-state index in [1.165, 1.54) is 19.3 Å². The molecule has 1 amide bonds. The molecule has 0 spiro atoms. The number of nitrogens with zero attached hydrogens (tertiary/aromatic N) is 2. The zero-order chi connectivity index (χ0) is 22.3. The number of hydrogen-bond donors (Lipinski definition) is 2. The minimum absolute atomic E-state index is 0.0535. The molecule has 1 aromatic carbocycles. The first kappa shape index (κ1) is 21.9. The van der Waals surface area contributed by atoms with E-state index in [0.717, 1.165) is 46.9 Å². The predicted octanol–water partition coefficient (Wildman–Crippen LogP) is 5.15. The average Bonchev–Trinajstić information content (AvgIpc) is 3.44. The Morgan fingerprint density at radius 3 is 2.75 bits per heavy atom. The smallest absolute Gasteiger partial charge is 0.231 e. The van der Waals surface area contributed by atoms with Crippen LogP contribution in [0.25, 0.3) is 22.6 Å². The monoisotopic (exact) mass is 434 g/mol. The molecule has 1 aliphatic rings. The van der Waals surface area contributed by atoms with Crippen molar-refractivity contribution < 1.29 is 14.3 Å². The van der Waals surface area contributed by atoms with Gasteiger partial charge in [0, 0.05) is 17.7 Å². The molecule has 7 nitrogen and oxygen atoms in total. The number of nitrogens with one attached hydrogen (secondary N) is 2. The molecule has 7 heteroatoms. The van der Waals surface area contributed by atoms with Crippen molar-refractivity contribution in [1.82, 2.24) is 20.3 Å². The van der Waals surface area contributed by atoms with Crippen LogP contribution in [0.15, 0.2) is 36.4 Å². The number of aromatic nitrogens is 3. The van der Waals surface area contributed by atoms with E-state index in [-0.39, 0.29) is 12.7 Å². The highest BCUT2D eigenvalue weighted by atomic mass is 16.7. The summed E-state index contributed by atoms with van der Waals surface area (Å²) in [5.41, 5.74) is 4.21. The van der Waals surface area contributed by atoms with Gasteiger partial charge in [0.25, 0.3) is 0 Å². The van der Waals surface area contributed by atoms with E-state index >= 15 is 0 Å². The van der Waals surface area contributed by atoms with Crippen LogP contribution < -0.4 is 14.8 Å². The predicted molar refractivity (Wildman–Crippen MR) is 123 cm³/mol. The molecule has 0 saturated carbocycles. The molecule has 2 aromatic heterocycles. The first-order valence-electron chi connectivity index (χ1n) is 11.3. The summed E-state index contributed by atoms with van der Waals surface area (Å²) in [5, 5.41) is 2.99. The van der Waals surface area contributed by atoms with Crippen molar-refractivity contribution >= 4 is 5.91 Å². The molecule has 3 aromatic rings. The number of carbonyl (C=O) groups excluding carboxylic acids is 1. The minimum atomic E-state index is 0.0535. The number of aryl methyl sites for hydroxylation is 1. The Morgan fingerprint density at radius 1 is 1.06 bits per heavy atom. The normalized spacial score (nSPS) is 12.2. The van der Waals surface area contributed by atoms with Gasteiger partial charge in [-0.05, 0) is 43.7 Å². The molecule has 2 N–H and O–H groups in total. The number of hydrogen-bond acceptors (Lipinski definition) is 5. The quantitative estimate of drug-likeness (QED) is 0.431. The standard InChI is InChI=1S/C25H30N4O3/c1-3-4-5-6-7-11-23(30)26-15-22-28-24(18-12-13-20-21(14-18)32-16-31-20)25(29-22)19-10-8-9-17(2)27-19/h8-10,12-14H,3-7,11,15-16H2,1-2H3,(H,26,30)(H,28,29). The summed E-state index contributed by atoms with van der Waals surface area (Å²) >= 11 is 0. The van der Waals surface area contributed by atoms with Crippen LogP contribution in [0, 0.1) is 6.92 Å². The van der Waals surface area contributed by atoms with Gasteiger partial charge in [0.05, 0.1) is 23.6 Å². The molecule has 32 heavy (non-hydrogen) atoms. The zero-order valence-corrected chi connectivity index (χ0v) is 18.7. The fourth-order valence-electron chi connectivity index (χ4n) is 3.79. The molecular weight excluding hydrogens is 404 g/mol. The summed E-state index contributed by atoms with van der Waals surface area (Å²) in [7, 11) is 0. The van der Waals surface area contributed by atoms with Crippen LogP contribution in [0.2, 0.25) is 0 Å². The zero-order valence-electron chi connectivity index (χ0n) is 18.7. The fraction of sp³-hybridized carbons (Fsp3) is 0.400. The molecule has 0 atom stereocenters. The Morgan fingerprint density at radius 2 is 1.91 bits per heavy atom. The van der Waals surface area contributed by atoms with Crippen molar-refractivity contribution in [2.75, 3.05) is 6.79 Å². The largest absolute Gasteiger partial charge is 0.454 e. The van der Waals surface area contributed by atoms with Crippen molar-refractivity contribution in [3.05, 3.63) is 47.9 Å². The number of pyridine rings is 1. The third-order valence-corrected chi connectivity index (χ3v) is 5.50. The summed E-state index contributed by atoms with van der Waals surface area (Å²) in [4.78, 5) is 25.1. The lowest BCUT2D eigenvalue weighted by Crippen LogP contribution is -2.22. The number of imidazole rings is 1. The van der Waals surface area contributed by atoms with E-state index in [1.807, 2.05) is 43.3 Å². The number of unbranched alkanes of at least 4 members (excludes halogenated alkanes) is 4. The van der Waals surface area contributed by atoms with E-state index in [2.05, 4.69) is 22.2 Å². The van der Waals surface area contributed by atoms with Crippen molar-refractivity contribution in [2.24, 2.45) is 0 Å². The lowest BCUT2D eigenvalue weighted by Gasteiger charge is -2.04. The lowest BCUT2D eigenvalue weighted by molar-refractivity contribution is -0.121. The maximum absolute atomic E-state index is 12.3. The third-order valence-electron chi connectivity index (χ3n) is 5.50. The molecule has 0 radical (unpaired) electrons. The van der Waals surface area contributed by atoms with E-state index in [0.29, 0.717) is 24.5 Å². The molecule has 0 fully saturated rings. The third kappa shape index (κ3) is 5.28. The van der Waals surface area contributed by atoms with E-state index in [1.54, 1.807) is 0 Å². The van der Waals surface area contributed by atoms with Gasteiger partial charge in [0.15, 0.2) is 11.5 Å². The van der Waals surface area contributed by atoms with Crippen LogP contribution in [-0.2, 0) is 11.3 Å². The Labute approximate surface area is 188 Å². The average molecular weight is 435 g/mol. The Bertz CT molecular complexity index is 1080. The Kier molecular flexibility index (Phi) is 7.04. The SMILES string of the molecule is CCCCCCCC(=O)NCc1nc(-c2ccc3c(c2)OCO3)c(-c2cccc(C)n2)[nH]1. The second kappa shape index (κ2) is 10.3. The number of amides is 1. The van der Waals surface area contributed by atoms with Crippen molar-refractivity contribution in [1.29, 1.82) is 0 Å². The van der Waals surface area contributed by atoms with Crippen molar-refractivity contribution in [3.63, 3.8) is 0 Å². The molecule has 0 saturated heterocycles. The van der Waals surface area contributed by atoms with Crippen LogP contribution in [0.3, 0.4) is 0 Å². The van der Waals surface area contributed by atoms with Gasteiger partial charge in [-0.2, -0.15) is 0 Å². The maximum Gasteiger partial charge on any atom is 0.231 e. The van der Waals surface area contributed by atoms with Crippen LogP contribution in [0.1, 0.15) is 57.0 Å². The van der Waals surface area contributed by atoms with Crippen LogP contribution in [0.4, 0.5) is 0 Å². The van der Waals surface area contributed by atoms with Gasteiger partial charge in [-0.3, -0.25) is 9.78 Å². The van der Waals surface area contributed by atoms with Gasteiger partial charge in [0.2, 0.25) is 12.7 Å². The number of H-pyrrole nitrogens is 1. The number of fused-ring (bicyclic) bond motifs is 1. The van der Waals surface area contributed by atoms with Gasteiger partial charge >= 0.3 is 0 Å². The van der Waals surface area contributed by atoms with Crippen LogP contribution in [-0.4, -0.2) is 27.7 Å². The maximum atomic E-state index is 12.3. The van der Waals surface area contributed by atoms with Crippen LogP contribution >= 0.6 is 0 Å². The number of ether oxygens (including phenoxy) is 2. The van der Waals surface area contributed by atoms with Gasteiger partial charge < -0.3 is 19.8 Å². The molecule has 1 aliphatic heterocycles. The fourth-order valence-corrected chi connectivity index (χ4v) is 3.79. The second-order valence-corrected chi connectivity index (χ2v) is 8.08. The first-order chi connectivity index (χ1) is 15.6. The number of benzene rings is 1. The highest BCUT2D eigenvalue weighted by Crippen LogP contribution is 2.38. The number of carbonyl (C=O) groups is 1.